The molecule has 2 aromatic rings. The van der Waals surface area contributed by atoms with Crippen molar-refractivity contribution in [2.45, 2.75) is 25.7 Å². The van der Waals surface area contributed by atoms with Gasteiger partial charge in [-0.15, -0.1) is 0 Å². The van der Waals surface area contributed by atoms with E-state index < -0.39 is 0 Å². The summed E-state index contributed by atoms with van der Waals surface area (Å²) in [7, 11) is 0. The zero-order valence-corrected chi connectivity index (χ0v) is 18.8. The topological polar surface area (TPSA) is 88.1 Å². The summed E-state index contributed by atoms with van der Waals surface area (Å²) in [6.45, 7) is 0.732. The second kappa shape index (κ2) is 10.1. The maximum Gasteiger partial charge on any atom is 0.266 e. The highest BCUT2D eigenvalue weighted by atomic mass is 32.2. The van der Waals surface area contributed by atoms with Crippen LogP contribution in [0.5, 0.6) is 17.2 Å². The number of nitrogens with zero attached hydrogens (tertiary/aromatic N) is 1. The quantitative estimate of drug-likeness (QED) is 0.333. The average molecular weight is 471 g/mol. The highest BCUT2D eigenvalue weighted by Gasteiger charge is 2.31. The summed E-state index contributed by atoms with van der Waals surface area (Å²) in [6.07, 6.45) is 4.44. The third-order valence-electron chi connectivity index (χ3n) is 4.98. The molecule has 0 spiro atoms. The van der Waals surface area contributed by atoms with Gasteiger partial charge in [-0.2, -0.15) is 0 Å². The molecule has 2 N–H and O–H groups in total. The molecule has 0 aromatic heterocycles. The fourth-order valence-electron chi connectivity index (χ4n) is 3.39. The summed E-state index contributed by atoms with van der Waals surface area (Å²) in [5, 5.41) is 12.2. The molecule has 2 aliphatic heterocycles. The van der Waals surface area contributed by atoms with Crippen LogP contribution in [0.1, 0.15) is 31.2 Å². The summed E-state index contributed by atoms with van der Waals surface area (Å²) in [5.41, 5.74) is 1.43. The van der Waals surface area contributed by atoms with Crippen LogP contribution < -0.4 is 14.8 Å². The molecule has 166 valence electrons. The number of nitrogens with one attached hydrogen (secondary N) is 1. The number of hydrogen-bond acceptors (Lipinski definition) is 7. The van der Waals surface area contributed by atoms with Crippen molar-refractivity contribution in [2.75, 3.05) is 18.7 Å². The zero-order valence-electron chi connectivity index (χ0n) is 17.2. The summed E-state index contributed by atoms with van der Waals surface area (Å²) in [6, 6.07) is 12.0. The largest absolute Gasteiger partial charge is 0.508 e. The van der Waals surface area contributed by atoms with Gasteiger partial charge in [0.05, 0.1) is 4.91 Å². The number of unbranched alkanes of at least 4 members (excludes halogenated alkanes) is 2. The Balaban J connectivity index is 1.22. The Hall–Kier alpha value is -3.04. The normalized spacial score (nSPS) is 16.1. The first-order chi connectivity index (χ1) is 15.5. The third kappa shape index (κ3) is 5.41. The van der Waals surface area contributed by atoms with Crippen molar-refractivity contribution in [1.82, 2.24) is 4.90 Å². The molecule has 32 heavy (non-hydrogen) atoms. The maximum atomic E-state index is 12.8. The lowest BCUT2D eigenvalue weighted by Crippen LogP contribution is -2.29. The Morgan fingerprint density at radius 3 is 2.84 bits per heavy atom. The number of anilines is 1. The lowest BCUT2D eigenvalue weighted by Gasteiger charge is -2.14. The number of hydrogen-bond donors (Lipinski definition) is 2. The van der Waals surface area contributed by atoms with E-state index in [1.165, 1.54) is 17.8 Å². The summed E-state index contributed by atoms with van der Waals surface area (Å²) >= 11 is 6.68. The van der Waals surface area contributed by atoms with Gasteiger partial charge in [0.1, 0.15) is 10.1 Å². The molecule has 1 fully saturated rings. The molecular formula is C23H22N2O5S2. The van der Waals surface area contributed by atoms with Gasteiger partial charge in [0.15, 0.2) is 11.5 Å². The van der Waals surface area contributed by atoms with Crippen molar-refractivity contribution in [3.8, 4) is 17.2 Å². The molecule has 2 amide bonds. The number of carbonyl (C=O) groups is 2. The van der Waals surface area contributed by atoms with Crippen molar-refractivity contribution >= 4 is 51.9 Å². The summed E-state index contributed by atoms with van der Waals surface area (Å²) < 4.78 is 11.2. The van der Waals surface area contributed by atoms with E-state index >= 15 is 0 Å². The number of phenolic OH excluding ortho intramolecular Hbond substituents is 1. The molecule has 1 saturated heterocycles. The molecule has 0 aliphatic carbocycles. The number of phenols is 1. The highest BCUT2D eigenvalue weighted by Crippen LogP contribution is 2.36. The van der Waals surface area contributed by atoms with Crippen LogP contribution in [0.15, 0.2) is 47.4 Å². The van der Waals surface area contributed by atoms with Gasteiger partial charge in [-0.25, -0.2) is 0 Å². The Kier molecular flexibility index (Phi) is 6.96. The van der Waals surface area contributed by atoms with Crippen LogP contribution in [0.25, 0.3) is 6.08 Å². The number of thiocarbonyl (C=S) groups is 1. The van der Waals surface area contributed by atoms with Gasteiger partial charge < -0.3 is 19.9 Å². The average Bonchev–Trinajstić information content (AvgIpc) is 3.32. The van der Waals surface area contributed by atoms with E-state index in [2.05, 4.69) is 5.32 Å². The molecule has 0 bridgehead atoms. The van der Waals surface area contributed by atoms with E-state index in [0.29, 0.717) is 45.8 Å². The minimum atomic E-state index is -0.104. The van der Waals surface area contributed by atoms with E-state index in [-0.39, 0.29) is 24.4 Å². The monoisotopic (exact) mass is 470 g/mol. The second-order valence-corrected chi connectivity index (χ2v) is 9.03. The van der Waals surface area contributed by atoms with Crippen molar-refractivity contribution in [3.05, 3.63) is 52.9 Å². The summed E-state index contributed by atoms with van der Waals surface area (Å²) in [5.74, 6) is 1.28. The number of ether oxygens (including phenoxy) is 2. The Labute approximate surface area is 195 Å². The lowest BCUT2D eigenvalue weighted by atomic mass is 10.1. The van der Waals surface area contributed by atoms with Crippen LogP contribution in [-0.2, 0) is 9.59 Å². The van der Waals surface area contributed by atoms with E-state index in [4.69, 9.17) is 21.7 Å². The molecule has 2 aromatic carbocycles. The van der Waals surface area contributed by atoms with E-state index in [9.17, 15) is 14.7 Å². The van der Waals surface area contributed by atoms with Gasteiger partial charge in [0.25, 0.3) is 5.91 Å². The fraction of sp³-hybridized carbons (Fsp3) is 0.261. The van der Waals surface area contributed by atoms with Crippen molar-refractivity contribution in [2.24, 2.45) is 0 Å². The van der Waals surface area contributed by atoms with Crippen molar-refractivity contribution < 1.29 is 24.2 Å². The minimum Gasteiger partial charge on any atom is -0.508 e. The number of fused-ring (bicyclic) bond motifs is 1. The Bertz CT molecular complexity index is 1090. The first-order valence-electron chi connectivity index (χ1n) is 10.2. The molecule has 2 heterocycles. The van der Waals surface area contributed by atoms with Crippen LogP contribution in [0.3, 0.4) is 0 Å². The lowest BCUT2D eigenvalue weighted by molar-refractivity contribution is -0.122. The number of thioether (sulfide) groups is 1. The minimum absolute atomic E-state index is 0.0979. The zero-order chi connectivity index (χ0) is 22.5. The molecule has 2 aliphatic rings. The van der Waals surface area contributed by atoms with Gasteiger partial charge in [0.2, 0.25) is 12.7 Å². The van der Waals surface area contributed by atoms with Crippen LogP contribution in [-0.4, -0.2) is 39.5 Å². The number of carbonyl (C=O) groups excluding carboxylic acids is 2. The fourth-order valence-corrected chi connectivity index (χ4v) is 4.70. The molecular weight excluding hydrogens is 448 g/mol. The predicted molar refractivity (Wildman–Crippen MR) is 128 cm³/mol. The number of benzene rings is 2. The second-order valence-electron chi connectivity index (χ2n) is 7.36. The Morgan fingerprint density at radius 2 is 2.00 bits per heavy atom. The first-order valence-corrected chi connectivity index (χ1v) is 11.5. The highest BCUT2D eigenvalue weighted by molar-refractivity contribution is 8.26. The van der Waals surface area contributed by atoms with E-state index in [0.717, 1.165) is 18.4 Å². The van der Waals surface area contributed by atoms with E-state index in [1.54, 1.807) is 23.1 Å². The van der Waals surface area contributed by atoms with Crippen LogP contribution in [0, 0.1) is 0 Å². The van der Waals surface area contributed by atoms with Gasteiger partial charge in [-0.1, -0.05) is 42.5 Å². The van der Waals surface area contributed by atoms with Gasteiger partial charge in [0, 0.05) is 24.7 Å². The Morgan fingerprint density at radius 1 is 1.16 bits per heavy atom. The van der Waals surface area contributed by atoms with Gasteiger partial charge in [-0.3, -0.25) is 14.5 Å². The van der Waals surface area contributed by atoms with Crippen molar-refractivity contribution in [1.29, 1.82) is 0 Å². The summed E-state index contributed by atoms with van der Waals surface area (Å²) in [4.78, 5) is 27.0. The number of amides is 2. The predicted octanol–water partition coefficient (Wildman–Crippen LogP) is 4.52. The van der Waals surface area contributed by atoms with Gasteiger partial charge >= 0.3 is 0 Å². The van der Waals surface area contributed by atoms with Crippen LogP contribution in [0.2, 0.25) is 0 Å². The molecule has 0 radical (unpaired) electrons. The molecule has 0 unspecified atom stereocenters. The molecule has 7 nitrogen and oxygen atoms in total. The molecule has 0 atom stereocenters. The third-order valence-corrected chi connectivity index (χ3v) is 6.36. The molecule has 4 rings (SSSR count). The maximum absolute atomic E-state index is 12.8. The standard InChI is InChI=1S/C23H22N2O5S2/c26-17-6-4-5-16(13-17)24-21(27)7-2-1-3-10-25-22(28)20(32-23(25)31)12-15-8-9-18-19(11-15)30-14-29-18/h4-6,8-9,11-13,26H,1-3,7,10,14H2,(H,24,27). The number of aromatic hydroxyl groups is 1. The first kappa shape index (κ1) is 22.2. The SMILES string of the molecule is O=C(CCCCCN1C(=O)C(=Cc2ccc3c(c2)OCO3)SC1=S)Nc1cccc(O)c1. The van der Waals surface area contributed by atoms with E-state index in [1.807, 2.05) is 24.3 Å². The van der Waals surface area contributed by atoms with Crippen LogP contribution in [0.4, 0.5) is 5.69 Å². The van der Waals surface area contributed by atoms with Crippen LogP contribution >= 0.6 is 24.0 Å². The molecule has 0 saturated carbocycles. The smallest absolute Gasteiger partial charge is 0.266 e. The van der Waals surface area contributed by atoms with Gasteiger partial charge in [-0.05, 0) is 48.7 Å². The number of rotatable bonds is 8. The molecule has 9 heteroatoms. The van der Waals surface area contributed by atoms with Crippen molar-refractivity contribution in [3.63, 3.8) is 0 Å².